The molecule has 5 nitrogen and oxygen atoms in total. The summed E-state index contributed by atoms with van der Waals surface area (Å²) < 4.78 is 6.90. The van der Waals surface area contributed by atoms with Crippen molar-refractivity contribution in [2.75, 3.05) is 20.3 Å². The first kappa shape index (κ1) is 9.15. The van der Waals surface area contributed by atoms with Crippen LogP contribution in [0.5, 0.6) is 0 Å². The Morgan fingerprint density at radius 2 is 2.50 bits per heavy atom. The first-order chi connectivity index (χ1) is 5.88. The summed E-state index contributed by atoms with van der Waals surface area (Å²) in [7, 11) is 1.67. The fraction of sp³-hybridized carbons (Fsp3) is 0.714. The van der Waals surface area contributed by atoms with E-state index in [1.807, 2.05) is 4.57 Å². The molecule has 0 unspecified atom stereocenters. The van der Waals surface area contributed by atoms with Crippen LogP contribution in [0.2, 0.25) is 0 Å². The Morgan fingerprint density at radius 1 is 1.67 bits per heavy atom. The Hall–Kier alpha value is -0.940. The minimum atomic E-state index is 0.603. The summed E-state index contributed by atoms with van der Waals surface area (Å²) in [4.78, 5) is 0. The summed E-state index contributed by atoms with van der Waals surface area (Å²) in [6.07, 6.45) is 2.47. The number of rotatable bonds is 5. The van der Waals surface area contributed by atoms with Gasteiger partial charge in [-0.2, -0.15) is 0 Å². The maximum absolute atomic E-state index is 5.40. The Kier molecular flexibility index (Phi) is 3.69. The first-order valence-electron chi connectivity index (χ1n) is 3.94. The molecule has 1 rings (SSSR count). The molecule has 1 aromatic heterocycles. The van der Waals surface area contributed by atoms with E-state index >= 15 is 0 Å². The van der Waals surface area contributed by atoms with Crippen molar-refractivity contribution in [3.8, 4) is 0 Å². The van der Waals surface area contributed by atoms with Gasteiger partial charge in [0, 0.05) is 20.1 Å². The zero-order valence-corrected chi connectivity index (χ0v) is 7.23. The Labute approximate surface area is 71.5 Å². The number of hydrogen-bond acceptors (Lipinski definition) is 4. The lowest BCUT2D eigenvalue weighted by atomic mass is 10.4. The second-order valence-electron chi connectivity index (χ2n) is 2.47. The lowest BCUT2D eigenvalue weighted by Crippen LogP contribution is -2.11. The normalized spacial score (nSPS) is 10.5. The molecule has 0 bridgehead atoms. The van der Waals surface area contributed by atoms with Crippen molar-refractivity contribution < 1.29 is 4.74 Å². The molecule has 2 N–H and O–H groups in total. The summed E-state index contributed by atoms with van der Waals surface area (Å²) in [5, 5.41) is 7.73. The van der Waals surface area contributed by atoms with E-state index in [4.69, 9.17) is 10.5 Å². The van der Waals surface area contributed by atoms with Crippen molar-refractivity contribution in [3.05, 3.63) is 12.2 Å². The average molecular weight is 170 g/mol. The topological polar surface area (TPSA) is 66.0 Å². The summed E-state index contributed by atoms with van der Waals surface area (Å²) in [6.45, 7) is 2.07. The van der Waals surface area contributed by atoms with Crippen LogP contribution in [0.15, 0.2) is 6.33 Å². The summed E-state index contributed by atoms with van der Waals surface area (Å²) in [5.41, 5.74) is 5.40. The molecule has 0 aliphatic rings. The second-order valence-corrected chi connectivity index (χ2v) is 2.47. The Morgan fingerprint density at radius 3 is 3.17 bits per heavy atom. The van der Waals surface area contributed by atoms with Crippen molar-refractivity contribution in [2.24, 2.45) is 5.73 Å². The van der Waals surface area contributed by atoms with Gasteiger partial charge in [-0.05, 0) is 6.54 Å². The summed E-state index contributed by atoms with van der Waals surface area (Å²) >= 11 is 0. The monoisotopic (exact) mass is 170 g/mol. The molecule has 1 heterocycles. The fourth-order valence-corrected chi connectivity index (χ4v) is 0.978. The van der Waals surface area contributed by atoms with Crippen LogP contribution >= 0.6 is 0 Å². The lowest BCUT2D eigenvalue weighted by molar-refractivity contribution is 0.186. The maximum Gasteiger partial charge on any atom is 0.134 e. The molecule has 0 saturated heterocycles. The third-order valence-corrected chi connectivity index (χ3v) is 1.60. The largest absolute Gasteiger partial charge is 0.383 e. The first-order valence-corrected chi connectivity index (χ1v) is 3.94. The van der Waals surface area contributed by atoms with Crippen LogP contribution in [0.3, 0.4) is 0 Å². The number of aromatic nitrogens is 3. The molecule has 0 amide bonds. The zero-order chi connectivity index (χ0) is 8.81. The number of nitrogens with zero attached hydrogens (tertiary/aromatic N) is 3. The van der Waals surface area contributed by atoms with Crippen molar-refractivity contribution in [1.82, 2.24) is 14.8 Å². The second kappa shape index (κ2) is 4.84. The highest BCUT2D eigenvalue weighted by molar-refractivity contribution is 4.85. The third-order valence-electron chi connectivity index (χ3n) is 1.60. The molecular weight excluding hydrogens is 156 g/mol. The van der Waals surface area contributed by atoms with Crippen LogP contribution in [0.1, 0.15) is 5.82 Å². The number of ether oxygens (including phenoxy) is 1. The molecule has 5 heteroatoms. The van der Waals surface area contributed by atoms with E-state index in [0.717, 1.165) is 18.8 Å². The van der Waals surface area contributed by atoms with Gasteiger partial charge in [0.25, 0.3) is 0 Å². The molecule has 0 aliphatic carbocycles. The number of hydrogen-bond donors (Lipinski definition) is 1. The van der Waals surface area contributed by atoms with Crippen molar-refractivity contribution in [2.45, 2.75) is 13.0 Å². The highest BCUT2D eigenvalue weighted by Crippen LogP contribution is 1.94. The van der Waals surface area contributed by atoms with E-state index < -0.39 is 0 Å². The standard InChI is InChI=1S/C7H14N4O/c1-12-5-4-11-6-9-10-7(11)2-3-8/h6H,2-5,8H2,1H3. The van der Waals surface area contributed by atoms with E-state index in [1.54, 1.807) is 13.4 Å². The SMILES string of the molecule is COCCn1cnnc1CCN. The average Bonchev–Trinajstić information content (AvgIpc) is 2.50. The highest BCUT2D eigenvalue weighted by atomic mass is 16.5. The third kappa shape index (κ3) is 2.28. The molecule has 0 atom stereocenters. The van der Waals surface area contributed by atoms with Crippen molar-refractivity contribution in [1.29, 1.82) is 0 Å². The molecule has 0 aromatic carbocycles. The van der Waals surface area contributed by atoms with E-state index in [2.05, 4.69) is 10.2 Å². The van der Waals surface area contributed by atoms with Gasteiger partial charge in [-0.25, -0.2) is 0 Å². The van der Waals surface area contributed by atoms with E-state index in [1.165, 1.54) is 0 Å². The molecule has 0 radical (unpaired) electrons. The Balaban J connectivity index is 2.51. The molecule has 0 saturated carbocycles. The Bertz CT molecular complexity index is 223. The predicted molar refractivity (Wildman–Crippen MR) is 44.7 cm³/mol. The molecule has 0 spiro atoms. The molecule has 1 aromatic rings. The minimum absolute atomic E-state index is 0.603. The van der Waals surface area contributed by atoms with Crippen LogP contribution in [0.4, 0.5) is 0 Å². The maximum atomic E-state index is 5.40. The smallest absolute Gasteiger partial charge is 0.134 e. The molecule has 12 heavy (non-hydrogen) atoms. The fourth-order valence-electron chi connectivity index (χ4n) is 0.978. The van der Waals surface area contributed by atoms with Gasteiger partial charge in [0.2, 0.25) is 0 Å². The summed E-state index contributed by atoms with van der Waals surface area (Å²) in [5.74, 6) is 0.926. The molecular formula is C7H14N4O. The predicted octanol–water partition coefficient (Wildman–Crippen LogP) is -0.574. The minimum Gasteiger partial charge on any atom is -0.383 e. The number of methoxy groups -OCH3 is 1. The molecule has 0 aliphatic heterocycles. The van der Waals surface area contributed by atoms with Crippen LogP contribution in [-0.2, 0) is 17.7 Å². The van der Waals surface area contributed by atoms with Crippen LogP contribution < -0.4 is 5.73 Å². The summed E-state index contributed by atoms with van der Waals surface area (Å²) in [6, 6.07) is 0. The van der Waals surface area contributed by atoms with Crippen LogP contribution in [-0.4, -0.2) is 35.0 Å². The van der Waals surface area contributed by atoms with Gasteiger partial charge < -0.3 is 15.0 Å². The van der Waals surface area contributed by atoms with Gasteiger partial charge in [-0.15, -0.1) is 10.2 Å². The van der Waals surface area contributed by atoms with E-state index in [9.17, 15) is 0 Å². The van der Waals surface area contributed by atoms with Crippen LogP contribution in [0, 0.1) is 0 Å². The van der Waals surface area contributed by atoms with Crippen molar-refractivity contribution >= 4 is 0 Å². The van der Waals surface area contributed by atoms with Gasteiger partial charge in [-0.3, -0.25) is 0 Å². The van der Waals surface area contributed by atoms with Crippen molar-refractivity contribution in [3.63, 3.8) is 0 Å². The van der Waals surface area contributed by atoms with Gasteiger partial charge in [0.05, 0.1) is 6.61 Å². The van der Waals surface area contributed by atoms with Gasteiger partial charge in [-0.1, -0.05) is 0 Å². The van der Waals surface area contributed by atoms with Gasteiger partial charge in [0.1, 0.15) is 12.2 Å². The van der Waals surface area contributed by atoms with E-state index in [0.29, 0.717) is 13.2 Å². The number of nitrogens with two attached hydrogens (primary N) is 1. The quantitative estimate of drug-likeness (QED) is 0.642. The zero-order valence-electron chi connectivity index (χ0n) is 7.23. The van der Waals surface area contributed by atoms with E-state index in [-0.39, 0.29) is 0 Å². The van der Waals surface area contributed by atoms with Gasteiger partial charge in [0.15, 0.2) is 0 Å². The highest BCUT2D eigenvalue weighted by Gasteiger charge is 2.01. The van der Waals surface area contributed by atoms with Crippen LogP contribution in [0.25, 0.3) is 0 Å². The lowest BCUT2D eigenvalue weighted by Gasteiger charge is -2.03. The molecule has 0 fully saturated rings. The van der Waals surface area contributed by atoms with Gasteiger partial charge >= 0.3 is 0 Å². The molecule has 68 valence electrons.